The zero-order valence-electron chi connectivity index (χ0n) is 38.6. The maximum Gasteiger partial charge on any atom is 0.0733 e. The number of rotatable bonds is 2. The molecule has 74 heavy (non-hydrogen) atoms. The van der Waals surface area contributed by atoms with E-state index >= 15 is 0 Å². The predicted octanol–water partition coefficient (Wildman–Crippen LogP) is 19.7. The second-order valence-electron chi connectivity index (χ2n) is 27.0. The molecule has 0 bridgehead atoms. The van der Waals surface area contributed by atoms with Gasteiger partial charge < -0.3 is 0 Å². The summed E-state index contributed by atoms with van der Waals surface area (Å²) in [5, 5.41) is 85.8. The van der Waals surface area contributed by atoms with E-state index in [9.17, 15) is 0 Å². The first-order valence-corrected chi connectivity index (χ1v) is 27.6. The minimum absolute atomic E-state index is 0.468. The second-order valence-corrected chi connectivity index (χ2v) is 27.0. The summed E-state index contributed by atoms with van der Waals surface area (Å²) in [5.41, 5.74) is 14.9. The summed E-state index contributed by atoms with van der Waals surface area (Å²) >= 11 is 0. The van der Waals surface area contributed by atoms with Gasteiger partial charge in [-0.2, -0.15) is 0 Å². The number of hydrogen-bond acceptors (Lipinski definition) is 0. The van der Waals surface area contributed by atoms with Gasteiger partial charge in [0.15, 0.2) is 0 Å². The van der Waals surface area contributed by atoms with Gasteiger partial charge in [-0.05, 0) is 338 Å². The second kappa shape index (κ2) is 6.52. The Kier molecular flexibility index (Phi) is 2.49. The fraction of sp³-hybridized carbons (Fsp3) is 0.0541. The Balaban J connectivity index is 1.17. The zero-order chi connectivity index (χ0) is 44.5. The van der Waals surface area contributed by atoms with Crippen LogP contribution in [0.15, 0.2) is 48.5 Å². The maximum absolute atomic E-state index is 2.64. The normalized spacial score (nSPS) is 21.2. The van der Waals surface area contributed by atoms with Crippen molar-refractivity contribution >= 4 is 280 Å². The monoisotopic (exact) mass is 902 g/mol. The first-order chi connectivity index (χ1) is 36.7. The van der Waals surface area contributed by atoms with Gasteiger partial charge in [0.1, 0.15) is 0 Å². The molecule has 0 heteroatoms. The van der Waals surface area contributed by atoms with Crippen molar-refractivity contribution in [2.24, 2.45) is 0 Å². The van der Waals surface area contributed by atoms with Gasteiger partial charge in [-0.25, -0.2) is 0 Å². The van der Waals surface area contributed by atoms with Gasteiger partial charge in [-0.3, -0.25) is 0 Å². The van der Waals surface area contributed by atoms with Crippen molar-refractivity contribution in [2.45, 2.75) is 24.7 Å². The highest BCUT2D eigenvalue weighted by molar-refractivity contribution is 6.81. The molecule has 29 aromatic rings. The van der Waals surface area contributed by atoms with Gasteiger partial charge in [-0.1, -0.05) is 59.7 Å². The Labute approximate surface area is 406 Å². The van der Waals surface area contributed by atoms with Crippen LogP contribution in [0.3, 0.4) is 0 Å². The highest BCUT2D eigenvalue weighted by Gasteiger charge is 2.67. The molecule has 0 aliphatic heterocycles. The Hall–Kier alpha value is -9.10. The van der Waals surface area contributed by atoms with E-state index in [2.05, 4.69) is 62.4 Å². The topological polar surface area (TPSA) is 0 Å². The minimum atomic E-state index is -0.468. The van der Waals surface area contributed by atoms with Crippen LogP contribution in [0.5, 0.6) is 0 Å². The van der Waals surface area contributed by atoms with Crippen LogP contribution in [0, 0.1) is 13.8 Å². The third kappa shape index (κ3) is 1.55. The molecule has 0 radical (unpaired) electrons. The van der Waals surface area contributed by atoms with E-state index in [0.29, 0.717) is 0 Å². The molecule has 0 nitrogen and oxygen atoms in total. The third-order valence-corrected chi connectivity index (χ3v) is 26.2. The quantitative estimate of drug-likeness (QED) is 0.152. The molecule has 0 heterocycles. The fourth-order valence-electron chi connectivity index (χ4n) is 25.7. The summed E-state index contributed by atoms with van der Waals surface area (Å²) in [6.45, 7) is 4.64. The molecule has 0 fully saturated rings. The van der Waals surface area contributed by atoms with Crippen LogP contribution >= 0.6 is 0 Å². The maximum atomic E-state index is 2.64. The van der Waals surface area contributed by atoms with Crippen LogP contribution in [0.25, 0.3) is 280 Å². The Morgan fingerprint density at radius 3 is 0.459 bits per heavy atom. The van der Waals surface area contributed by atoms with Crippen molar-refractivity contribution < 1.29 is 0 Å². The van der Waals surface area contributed by atoms with Crippen LogP contribution in [-0.2, 0) is 10.8 Å². The summed E-state index contributed by atoms with van der Waals surface area (Å²) in [4.78, 5) is 0. The lowest BCUT2D eigenvalue weighted by Gasteiger charge is -2.49. The average molecular weight is 903 g/mol. The molecule has 5 aliphatic carbocycles. The van der Waals surface area contributed by atoms with Gasteiger partial charge in [0, 0.05) is 0 Å². The highest BCUT2D eigenvalue weighted by atomic mass is 14.7. The van der Waals surface area contributed by atoms with E-state index in [1.54, 1.807) is 313 Å². The van der Waals surface area contributed by atoms with E-state index in [4.69, 9.17) is 0 Å². The molecular formula is C74H14. The average Bonchev–Trinajstić information content (AvgIpc) is 3.46. The first-order valence-electron chi connectivity index (χ1n) is 27.6. The Morgan fingerprint density at radius 1 is 0.149 bits per heavy atom. The number of hydrogen-bond donors (Lipinski definition) is 0. The number of aryl methyl sites for hydroxylation is 2. The molecule has 5 aliphatic rings. The summed E-state index contributed by atoms with van der Waals surface area (Å²) < 4.78 is 0. The van der Waals surface area contributed by atoms with Crippen molar-refractivity contribution in [3.05, 3.63) is 104 Å². The van der Waals surface area contributed by atoms with E-state index in [1.807, 2.05) is 0 Å². The molecule has 0 N–H and O–H groups in total. The van der Waals surface area contributed by atoms with Crippen molar-refractivity contribution in [2.75, 3.05) is 0 Å². The van der Waals surface area contributed by atoms with E-state index in [0.717, 1.165) is 0 Å². The lowest BCUT2D eigenvalue weighted by Crippen LogP contribution is -2.44. The fourth-order valence-corrected chi connectivity index (χ4v) is 25.7. The van der Waals surface area contributed by atoms with Crippen LogP contribution in [-0.4, -0.2) is 0 Å². The molecule has 2 unspecified atom stereocenters. The van der Waals surface area contributed by atoms with Crippen LogP contribution in [0.4, 0.5) is 0 Å². The van der Waals surface area contributed by atoms with Gasteiger partial charge in [0.05, 0.1) is 10.8 Å². The molecule has 0 spiro atoms. The van der Waals surface area contributed by atoms with E-state index in [1.165, 1.54) is 22.3 Å². The Morgan fingerprint density at radius 2 is 0.270 bits per heavy atom. The molecule has 2 atom stereocenters. The van der Waals surface area contributed by atoms with E-state index < -0.39 is 10.8 Å². The van der Waals surface area contributed by atoms with Crippen molar-refractivity contribution in [3.63, 3.8) is 0 Å². The van der Waals surface area contributed by atoms with Crippen LogP contribution < -0.4 is 0 Å². The van der Waals surface area contributed by atoms with Gasteiger partial charge in [-0.15, -0.1) is 0 Å². The van der Waals surface area contributed by atoms with Gasteiger partial charge >= 0.3 is 0 Å². The van der Waals surface area contributed by atoms with Crippen molar-refractivity contribution in [1.82, 2.24) is 0 Å². The van der Waals surface area contributed by atoms with Crippen LogP contribution in [0.1, 0.15) is 55.6 Å². The summed E-state index contributed by atoms with van der Waals surface area (Å²) in [6.07, 6.45) is 0. The lowest BCUT2D eigenvalue weighted by atomic mass is 9.51. The number of benzene rings is 19. The molecule has 0 saturated heterocycles. The summed E-state index contributed by atoms with van der Waals surface area (Å²) in [7, 11) is 0. The third-order valence-electron chi connectivity index (χ3n) is 26.2. The standard InChI is InChI=1S/C74H14/c1-11-3-7-13(8-4-11)73-67-59-50-43-30-23-17-18-20-16-15-19(17)28(30)34-32-21(15)25-22(16)33-35-29(20)31-24(18)27-26(23)37-45-38(27)47-44(31)51-49(35)53-40(33)42-36(25)41-39(32)52(48(34)50)63(67)65-54(41)55(42)66-64(53)68-60(51)57(47)62-58(45)61(56(59)46(37)43)69(73)70(62)74(68,72(66)71(65)73)14-9-5-12(2)6-10-14/h3-10H,1-2H3. The Bertz CT molecular complexity index is 7340. The zero-order valence-corrected chi connectivity index (χ0v) is 38.6. The highest BCUT2D eigenvalue weighted by Crippen LogP contribution is 2.85. The molecule has 29 aromatic carbocycles. The molecule has 310 valence electrons. The minimum Gasteiger partial charge on any atom is -0.0590 e. The van der Waals surface area contributed by atoms with E-state index in [-0.39, 0.29) is 0 Å². The summed E-state index contributed by atoms with van der Waals surface area (Å²) in [5.74, 6) is 0. The molecule has 0 amide bonds. The van der Waals surface area contributed by atoms with Crippen molar-refractivity contribution in [3.8, 4) is 0 Å². The molecule has 0 saturated carbocycles. The largest absolute Gasteiger partial charge is 0.0733 e. The van der Waals surface area contributed by atoms with Crippen molar-refractivity contribution in [1.29, 1.82) is 0 Å². The molecule has 34 rings (SSSR count). The summed E-state index contributed by atoms with van der Waals surface area (Å²) in [6, 6.07) is 20.5. The SMILES string of the molecule is Cc1ccc(C23c4c5c6c7c8c9c%10c%11c(c2c2c%12c3c3c%13c4c6c4c6c%13c%13c3c3c%12c%12c%14c2c%11c2c%11c%10c%10c8c8c7c4c4c6c6c%13c7c3c%12c3c(c%142)c2c%11c%10c%10c8c4c4c%10c2c3c7c64)C59c2ccc(C)cc2)cc1. The lowest BCUT2D eigenvalue weighted by molar-refractivity contribution is 0.659. The smallest absolute Gasteiger partial charge is 0.0590 e. The van der Waals surface area contributed by atoms with Crippen LogP contribution in [0.2, 0.25) is 0 Å². The predicted molar refractivity (Wildman–Crippen MR) is 313 cm³/mol. The first kappa shape index (κ1) is 28.2. The van der Waals surface area contributed by atoms with Gasteiger partial charge in [0.2, 0.25) is 0 Å². The van der Waals surface area contributed by atoms with Gasteiger partial charge in [0.25, 0.3) is 0 Å². The molecule has 0 aromatic heterocycles. The molecular weight excluding hydrogens is 889 g/mol.